The first-order chi connectivity index (χ1) is 13.4. The van der Waals surface area contributed by atoms with Gasteiger partial charge in [-0.3, -0.25) is 0 Å². The summed E-state index contributed by atoms with van der Waals surface area (Å²) < 4.78 is 7.24. The lowest BCUT2D eigenvalue weighted by atomic mass is 10.2. The summed E-state index contributed by atoms with van der Waals surface area (Å²) in [4.78, 5) is 40.5. The molecule has 10 nitrogen and oxygen atoms in total. The summed E-state index contributed by atoms with van der Waals surface area (Å²) in [6.45, 7) is 3.86. The van der Waals surface area contributed by atoms with Crippen molar-refractivity contribution in [2.75, 3.05) is 11.9 Å². The van der Waals surface area contributed by atoms with Crippen LogP contribution >= 0.6 is 0 Å². The number of hydrogen-bond donors (Lipinski definition) is 3. The van der Waals surface area contributed by atoms with E-state index in [1.807, 2.05) is 44.2 Å². The van der Waals surface area contributed by atoms with E-state index >= 15 is 0 Å². The van der Waals surface area contributed by atoms with Crippen molar-refractivity contribution in [2.24, 2.45) is 5.73 Å². The number of benzene rings is 1. The molecule has 0 radical (unpaired) electrons. The Labute approximate surface area is 159 Å². The monoisotopic (exact) mass is 385 g/mol. The van der Waals surface area contributed by atoms with Crippen LogP contribution in [-0.4, -0.2) is 39.4 Å². The Morgan fingerprint density at radius 2 is 2.04 bits per heavy atom. The maximum Gasteiger partial charge on any atom is 0.474 e. The summed E-state index contributed by atoms with van der Waals surface area (Å²) in [5.74, 6) is -0.520. The number of hydrogen-bond acceptors (Lipinski definition) is 6. The zero-order valence-corrected chi connectivity index (χ0v) is 15.5. The number of ether oxygens (including phenoxy) is 1. The summed E-state index contributed by atoms with van der Waals surface area (Å²) in [5, 5.41) is 5.32. The predicted octanol–water partition coefficient (Wildman–Crippen LogP) is 0.457. The predicted molar refractivity (Wildman–Crippen MR) is 100 cm³/mol. The Balaban J connectivity index is 1.90. The van der Waals surface area contributed by atoms with Gasteiger partial charge in [0.05, 0.1) is 6.61 Å². The van der Waals surface area contributed by atoms with Crippen molar-refractivity contribution in [1.29, 1.82) is 0 Å². The summed E-state index contributed by atoms with van der Waals surface area (Å²) in [5.41, 5.74) is 5.74. The third-order valence-electron chi connectivity index (χ3n) is 3.88. The van der Waals surface area contributed by atoms with Crippen molar-refractivity contribution >= 4 is 23.5 Å². The topological polar surface area (TPSA) is 136 Å². The van der Waals surface area contributed by atoms with E-state index in [0.717, 1.165) is 14.6 Å². The summed E-state index contributed by atoms with van der Waals surface area (Å²) in [6, 6.07) is 8.63. The van der Waals surface area contributed by atoms with Crippen molar-refractivity contribution in [3.8, 4) is 0 Å². The first-order valence-corrected chi connectivity index (χ1v) is 8.71. The largest absolute Gasteiger partial charge is 0.474 e. The fourth-order valence-electron chi connectivity index (χ4n) is 2.68. The van der Waals surface area contributed by atoms with Crippen LogP contribution in [0.3, 0.4) is 0 Å². The van der Waals surface area contributed by atoms with Crippen LogP contribution in [-0.2, 0) is 11.2 Å². The molecule has 3 aromatic rings. The second-order valence-electron chi connectivity index (χ2n) is 6.43. The van der Waals surface area contributed by atoms with Gasteiger partial charge in [0.15, 0.2) is 5.69 Å². The van der Waals surface area contributed by atoms with Crippen molar-refractivity contribution in [3.05, 3.63) is 58.3 Å². The third-order valence-corrected chi connectivity index (χ3v) is 3.88. The lowest BCUT2D eigenvalue weighted by Crippen LogP contribution is -2.39. The first-order valence-electron chi connectivity index (χ1n) is 8.71. The number of aromatic amines is 1. The average molecular weight is 385 g/mol. The second kappa shape index (κ2) is 7.91. The van der Waals surface area contributed by atoms with Gasteiger partial charge in [-0.05, 0) is 24.1 Å². The van der Waals surface area contributed by atoms with Gasteiger partial charge in [-0.2, -0.15) is 4.40 Å². The molecule has 2 aromatic heterocycles. The molecule has 4 N–H and O–H groups in total. The van der Waals surface area contributed by atoms with Gasteiger partial charge in [-0.25, -0.2) is 19.4 Å². The number of anilines is 1. The molecule has 1 amide bonds. The summed E-state index contributed by atoms with van der Waals surface area (Å²) in [7, 11) is 0. The number of carbonyl (C=O) groups excluding carboxylic acids is 2. The van der Waals surface area contributed by atoms with Crippen LogP contribution in [0.4, 0.5) is 10.6 Å². The van der Waals surface area contributed by atoms with Crippen LogP contribution in [0.15, 0.2) is 41.3 Å². The number of nitrogens with one attached hydrogen (secondary N) is 2. The molecule has 0 saturated carbocycles. The highest BCUT2D eigenvalue weighted by Crippen LogP contribution is 2.12. The SMILES string of the molecule is CC(C)Nc1nc(C(=O)OCCc2ccccc2)c[n+]2c(=O)[nH]n(C(N)=O)c12. The van der Waals surface area contributed by atoms with E-state index in [9.17, 15) is 14.4 Å². The summed E-state index contributed by atoms with van der Waals surface area (Å²) in [6.07, 6.45) is 1.77. The molecule has 10 heteroatoms. The van der Waals surface area contributed by atoms with E-state index in [-0.39, 0.29) is 29.8 Å². The number of amides is 1. The molecular weight excluding hydrogens is 364 g/mol. The highest BCUT2D eigenvalue weighted by atomic mass is 16.5. The van der Waals surface area contributed by atoms with Crippen molar-refractivity contribution in [2.45, 2.75) is 26.3 Å². The number of primary amides is 1. The molecule has 0 fully saturated rings. The number of nitrogens with zero attached hydrogens (tertiary/aromatic N) is 3. The molecule has 0 saturated heterocycles. The Morgan fingerprint density at radius 3 is 2.68 bits per heavy atom. The van der Waals surface area contributed by atoms with Crippen LogP contribution in [0.25, 0.3) is 5.65 Å². The molecular formula is C18H21N6O4+. The Bertz CT molecular complexity index is 1070. The number of carbonyl (C=O) groups is 2. The lowest BCUT2D eigenvalue weighted by Gasteiger charge is -2.10. The molecule has 0 aliphatic rings. The average Bonchev–Trinajstić information content (AvgIpc) is 2.99. The molecule has 0 unspecified atom stereocenters. The highest BCUT2D eigenvalue weighted by molar-refractivity contribution is 5.88. The Morgan fingerprint density at radius 1 is 1.32 bits per heavy atom. The summed E-state index contributed by atoms with van der Waals surface area (Å²) >= 11 is 0. The second-order valence-corrected chi connectivity index (χ2v) is 6.43. The standard InChI is InChI=1S/C18H20N6O4/c1-11(2)20-14-15-23(18(27)22-24(15)17(19)26)10-13(21-14)16(25)28-9-8-12-6-4-3-5-7-12/h3-7,10-11H,8-9H2,1-2H3,(H3-,19,20,21,22,26,27)/p+1. The van der Waals surface area contributed by atoms with Gasteiger partial charge in [0.1, 0.15) is 6.20 Å². The zero-order valence-electron chi connectivity index (χ0n) is 15.5. The Hall–Kier alpha value is -3.69. The quantitative estimate of drug-likeness (QED) is 0.416. The van der Waals surface area contributed by atoms with Crippen LogP contribution < -0.4 is 21.1 Å². The molecule has 0 aliphatic carbocycles. The number of rotatable bonds is 6. The van der Waals surface area contributed by atoms with Gasteiger partial charge < -0.3 is 15.8 Å². The highest BCUT2D eigenvalue weighted by Gasteiger charge is 2.26. The number of nitrogens with two attached hydrogens (primary N) is 1. The molecule has 0 spiro atoms. The van der Waals surface area contributed by atoms with Crippen LogP contribution in [0, 0.1) is 0 Å². The van der Waals surface area contributed by atoms with E-state index in [1.54, 1.807) is 0 Å². The van der Waals surface area contributed by atoms with Crippen LogP contribution in [0.1, 0.15) is 29.9 Å². The molecule has 0 bridgehead atoms. The molecule has 0 atom stereocenters. The maximum atomic E-state index is 12.4. The minimum atomic E-state index is -0.883. The van der Waals surface area contributed by atoms with Gasteiger partial charge in [0.2, 0.25) is 5.82 Å². The molecule has 28 heavy (non-hydrogen) atoms. The first kappa shape index (κ1) is 19.1. The number of aromatic nitrogens is 4. The molecule has 1 aromatic carbocycles. The molecule has 2 heterocycles. The fraction of sp³-hybridized carbons (Fsp3) is 0.278. The Kier molecular flexibility index (Phi) is 5.39. The van der Waals surface area contributed by atoms with Crippen LogP contribution in [0.2, 0.25) is 0 Å². The minimum Gasteiger partial charge on any atom is -0.461 e. The van der Waals surface area contributed by atoms with Crippen LogP contribution in [0.5, 0.6) is 0 Å². The van der Waals surface area contributed by atoms with Gasteiger partial charge in [0.25, 0.3) is 0 Å². The number of H-pyrrole nitrogens is 1. The van der Waals surface area contributed by atoms with Crippen molar-refractivity contribution < 1.29 is 18.7 Å². The fourth-order valence-corrected chi connectivity index (χ4v) is 2.68. The van der Waals surface area contributed by atoms with Gasteiger partial charge in [-0.15, -0.1) is 5.10 Å². The lowest BCUT2D eigenvalue weighted by molar-refractivity contribution is -0.529. The number of fused-ring (bicyclic) bond motifs is 1. The van der Waals surface area contributed by atoms with E-state index in [0.29, 0.717) is 6.42 Å². The third kappa shape index (κ3) is 4.00. The van der Waals surface area contributed by atoms with Gasteiger partial charge in [-0.1, -0.05) is 30.3 Å². The van der Waals surface area contributed by atoms with E-state index < -0.39 is 17.7 Å². The van der Waals surface area contributed by atoms with E-state index in [1.165, 1.54) is 6.20 Å². The zero-order chi connectivity index (χ0) is 20.3. The van der Waals surface area contributed by atoms with Gasteiger partial charge in [0, 0.05) is 12.5 Å². The normalized spacial score (nSPS) is 11.0. The maximum absolute atomic E-state index is 12.4. The van der Waals surface area contributed by atoms with Crippen molar-refractivity contribution in [1.82, 2.24) is 14.8 Å². The molecule has 0 aliphatic heterocycles. The van der Waals surface area contributed by atoms with Crippen molar-refractivity contribution in [3.63, 3.8) is 0 Å². The van der Waals surface area contributed by atoms with E-state index in [4.69, 9.17) is 10.5 Å². The smallest absolute Gasteiger partial charge is 0.461 e. The molecule has 3 rings (SSSR count). The minimum absolute atomic E-state index is 0.0681. The number of esters is 1. The van der Waals surface area contributed by atoms with Gasteiger partial charge >= 0.3 is 23.3 Å². The van der Waals surface area contributed by atoms with E-state index in [2.05, 4.69) is 15.4 Å². The molecule has 146 valence electrons.